The lowest BCUT2D eigenvalue weighted by atomic mass is 9.91. The normalized spacial score (nSPS) is 18.2. The van der Waals surface area contributed by atoms with E-state index in [0.717, 1.165) is 25.0 Å². The molecule has 0 unspecified atom stereocenters. The maximum atomic E-state index is 3.62. The Morgan fingerprint density at radius 3 is 2.33 bits per heavy atom. The van der Waals surface area contributed by atoms with Gasteiger partial charge in [0.25, 0.3) is 0 Å². The third-order valence-corrected chi connectivity index (χ3v) is 4.03. The summed E-state index contributed by atoms with van der Waals surface area (Å²) < 4.78 is 0. The van der Waals surface area contributed by atoms with Gasteiger partial charge in [-0.3, -0.25) is 0 Å². The van der Waals surface area contributed by atoms with Gasteiger partial charge in [0.05, 0.1) is 0 Å². The van der Waals surface area contributed by atoms with Crippen LogP contribution in [0.1, 0.15) is 60.3 Å². The number of nitrogens with zero attached hydrogens (tertiary/aromatic N) is 1. The van der Waals surface area contributed by atoms with Crippen molar-refractivity contribution in [3.05, 3.63) is 0 Å². The van der Waals surface area contributed by atoms with Crippen molar-refractivity contribution in [3.63, 3.8) is 0 Å². The molecule has 0 amide bonds. The highest BCUT2D eigenvalue weighted by Crippen LogP contribution is 2.26. The first-order valence-corrected chi connectivity index (χ1v) is 7.89. The van der Waals surface area contributed by atoms with Gasteiger partial charge in [0.1, 0.15) is 0 Å². The zero-order valence-corrected chi connectivity index (χ0v) is 13.3. The van der Waals surface area contributed by atoms with Crippen molar-refractivity contribution in [3.8, 4) is 0 Å². The lowest BCUT2D eigenvalue weighted by Gasteiger charge is -2.36. The van der Waals surface area contributed by atoms with Crippen LogP contribution in [-0.4, -0.2) is 37.1 Å². The van der Waals surface area contributed by atoms with Gasteiger partial charge < -0.3 is 10.2 Å². The second-order valence-electron chi connectivity index (χ2n) is 7.19. The molecule has 18 heavy (non-hydrogen) atoms. The van der Waals surface area contributed by atoms with E-state index in [1.807, 2.05) is 0 Å². The fourth-order valence-electron chi connectivity index (χ4n) is 3.07. The third-order valence-electron chi connectivity index (χ3n) is 4.03. The lowest BCUT2D eigenvalue weighted by molar-refractivity contribution is 0.134. The van der Waals surface area contributed by atoms with E-state index in [2.05, 4.69) is 44.8 Å². The van der Waals surface area contributed by atoms with E-state index in [0.29, 0.717) is 5.41 Å². The molecule has 0 spiro atoms. The zero-order valence-electron chi connectivity index (χ0n) is 13.3. The minimum atomic E-state index is 0.382. The molecule has 0 aromatic carbocycles. The van der Waals surface area contributed by atoms with Crippen molar-refractivity contribution >= 4 is 0 Å². The molecule has 2 nitrogen and oxygen atoms in total. The second kappa shape index (κ2) is 7.49. The quantitative estimate of drug-likeness (QED) is 0.713. The fourth-order valence-corrected chi connectivity index (χ4v) is 3.07. The molecular formula is C16H34N2. The first-order valence-electron chi connectivity index (χ1n) is 7.89. The average Bonchev–Trinajstić information content (AvgIpc) is 2.78. The predicted octanol–water partition coefficient (Wildman–Crippen LogP) is 3.52. The Kier molecular flexibility index (Phi) is 6.65. The molecule has 0 bridgehead atoms. The van der Waals surface area contributed by atoms with Crippen molar-refractivity contribution in [2.24, 2.45) is 11.3 Å². The first kappa shape index (κ1) is 16.0. The summed E-state index contributed by atoms with van der Waals surface area (Å²) in [7, 11) is 0. The van der Waals surface area contributed by atoms with Gasteiger partial charge in [-0.15, -0.1) is 0 Å². The van der Waals surface area contributed by atoms with Crippen molar-refractivity contribution in [2.75, 3.05) is 26.2 Å². The first-order chi connectivity index (χ1) is 8.44. The van der Waals surface area contributed by atoms with Crippen LogP contribution < -0.4 is 5.32 Å². The van der Waals surface area contributed by atoms with Crippen LogP contribution >= 0.6 is 0 Å². The van der Waals surface area contributed by atoms with Crippen molar-refractivity contribution in [1.82, 2.24) is 10.2 Å². The number of hydrogen-bond donors (Lipinski definition) is 1. The van der Waals surface area contributed by atoms with Gasteiger partial charge in [0.2, 0.25) is 0 Å². The molecule has 0 aliphatic heterocycles. The van der Waals surface area contributed by atoms with Crippen LogP contribution in [0.15, 0.2) is 0 Å². The maximum Gasteiger partial charge on any atom is 0.00953 e. The Morgan fingerprint density at radius 1 is 1.22 bits per heavy atom. The number of hydrogen-bond acceptors (Lipinski definition) is 2. The molecule has 0 radical (unpaired) electrons. The van der Waals surface area contributed by atoms with Gasteiger partial charge in [-0.05, 0) is 37.3 Å². The van der Waals surface area contributed by atoms with E-state index >= 15 is 0 Å². The second-order valence-corrected chi connectivity index (χ2v) is 7.19. The standard InChI is InChI=1S/C16H34N2/c1-6-18(15-9-7-8-10-15)13-16(4,5)12-17-11-14(2)3/h14-15,17H,6-13H2,1-5H3. The van der Waals surface area contributed by atoms with Crippen molar-refractivity contribution < 1.29 is 0 Å². The van der Waals surface area contributed by atoms with Gasteiger partial charge in [-0.1, -0.05) is 47.5 Å². The largest absolute Gasteiger partial charge is 0.316 e. The van der Waals surface area contributed by atoms with Crippen LogP contribution in [0, 0.1) is 11.3 Å². The van der Waals surface area contributed by atoms with E-state index in [1.165, 1.54) is 38.8 Å². The number of nitrogens with one attached hydrogen (secondary N) is 1. The topological polar surface area (TPSA) is 15.3 Å². The molecule has 1 rings (SSSR count). The zero-order chi connectivity index (χ0) is 13.6. The minimum Gasteiger partial charge on any atom is -0.316 e. The molecule has 2 heteroatoms. The molecular weight excluding hydrogens is 220 g/mol. The minimum absolute atomic E-state index is 0.382. The Balaban J connectivity index is 2.36. The van der Waals surface area contributed by atoms with Crippen molar-refractivity contribution in [2.45, 2.75) is 66.3 Å². The molecule has 0 saturated heterocycles. The van der Waals surface area contributed by atoms with Gasteiger partial charge in [-0.25, -0.2) is 0 Å². The lowest BCUT2D eigenvalue weighted by Crippen LogP contribution is -2.44. The van der Waals surface area contributed by atoms with Crippen LogP contribution in [0.5, 0.6) is 0 Å². The average molecular weight is 254 g/mol. The molecule has 1 saturated carbocycles. The van der Waals surface area contributed by atoms with Gasteiger partial charge in [0.15, 0.2) is 0 Å². The van der Waals surface area contributed by atoms with Crippen LogP contribution in [0.3, 0.4) is 0 Å². The summed E-state index contributed by atoms with van der Waals surface area (Å²) in [6.45, 7) is 16.4. The Hall–Kier alpha value is -0.0800. The van der Waals surface area contributed by atoms with Crippen LogP contribution in [-0.2, 0) is 0 Å². The molecule has 1 aliphatic rings. The summed E-state index contributed by atoms with van der Waals surface area (Å²) in [6.07, 6.45) is 5.72. The Bertz CT molecular complexity index is 217. The van der Waals surface area contributed by atoms with Crippen LogP contribution in [0.25, 0.3) is 0 Å². The third kappa shape index (κ3) is 5.71. The molecule has 0 aromatic heterocycles. The molecule has 0 atom stereocenters. The highest BCUT2D eigenvalue weighted by Gasteiger charge is 2.27. The van der Waals surface area contributed by atoms with Gasteiger partial charge in [-0.2, -0.15) is 0 Å². The monoisotopic (exact) mass is 254 g/mol. The Labute approximate surface area is 115 Å². The number of rotatable bonds is 8. The summed E-state index contributed by atoms with van der Waals surface area (Å²) in [5.41, 5.74) is 0.382. The van der Waals surface area contributed by atoms with E-state index in [1.54, 1.807) is 0 Å². The summed E-state index contributed by atoms with van der Waals surface area (Å²) in [5.74, 6) is 0.748. The Morgan fingerprint density at radius 2 is 1.83 bits per heavy atom. The van der Waals surface area contributed by atoms with E-state index < -0.39 is 0 Å². The summed E-state index contributed by atoms with van der Waals surface area (Å²) in [4.78, 5) is 2.71. The summed E-state index contributed by atoms with van der Waals surface area (Å²) in [6, 6.07) is 0.861. The highest BCUT2D eigenvalue weighted by molar-refractivity contribution is 4.82. The molecule has 108 valence electrons. The molecule has 0 aromatic rings. The molecule has 0 heterocycles. The van der Waals surface area contributed by atoms with E-state index in [9.17, 15) is 0 Å². The molecule has 1 fully saturated rings. The molecule has 1 aliphatic carbocycles. The van der Waals surface area contributed by atoms with Crippen LogP contribution in [0.4, 0.5) is 0 Å². The maximum absolute atomic E-state index is 3.62. The van der Waals surface area contributed by atoms with Crippen LogP contribution in [0.2, 0.25) is 0 Å². The van der Waals surface area contributed by atoms with Crippen molar-refractivity contribution in [1.29, 1.82) is 0 Å². The van der Waals surface area contributed by atoms with Gasteiger partial charge in [0, 0.05) is 19.1 Å². The highest BCUT2D eigenvalue weighted by atomic mass is 15.2. The fraction of sp³-hybridized carbons (Fsp3) is 1.00. The predicted molar refractivity (Wildman–Crippen MR) is 81.0 cm³/mol. The van der Waals surface area contributed by atoms with E-state index in [4.69, 9.17) is 0 Å². The SMILES string of the molecule is CCN(CC(C)(C)CNCC(C)C)C1CCCC1. The van der Waals surface area contributed by atoms with E-state index in [-0.39, 0.29) is 0 Å². The van der Waals surface area contributed by atoms with Gasteiger partial charge >= 0.3 is 0 Å². The molecule has 1 N–H and O–H groups in total. The summed E-state index contributed by atoms with van der Waals surface area (Å²) in [5, 5.41) is 3.62. The smallest absolute Gasteiger partial charge is 0.00953 e. The summed E-state index contributed by atoms with van der Waals surface area (Å²) >= 11 is 0.